The van der Waals surface area contributed by atoms with Crippen LogP contribution in [0.15, 0.2) is 41.3 Å². The van der Waals surface area contributed by atoms with Gasteiger partial charge in [-0.2, -0.15) is 5.26 Å². The van der Waals surface area contributed by atoms with Crippen molar-refractivity contribution >= 4 is 15.9 Å². The number of rotatable bonds is 4. The third kappa shape index (κ3) is 4.24. The molecule has 0 N–H and O–H groups in total. The summed E-state index contributed by atoms with van der Waals surface area (Å²) in [5, 5.41) is 8.88. The number of halogens is 3. The van der Waals surface area contributed by atoms with Crippen molar-refractivity contribution < 1.29 is 21.6 Å². The highest BCUT2D eigenvalue weighted by atomic mass is 32.2. The molecule has 2 rings (SSSR count). The van der Waals surface area contributed by atoms with Crippen LogP contribution in [0.4, 0.5) is 13.2 Å². The van der Waals surface area contributed by atoms with E-state index in [9.17, 15) is 21.6 Å². The first kappa shape index (κ1) is 17.8. The molecule has 3 nitrogen and oxygen atoms in total. The van der Waals surface area contributed by atoms with Crippen molar-refractivity contribution in [3.63, 3.8) is 0 Å². The van der Waals surface area contributed by atoms with E-state index in [1.165, 1.54) is 24.3 Å². The number of nitriles is 1. The summed E-state index contributed by atoms with van der Waals surface area (Å²) >= 11 is 0. The lowest BCUT2D eigenvalue weighted by atomic mass is 10.0. The Balaban J connectivity index is 2.40. The molecule has 2 aromatic carbocycles. The van der Waals surface area contributed by atoms with Crippen LogP contribution in [0.5, 0.6) is 0 Å². The Morgan fingerprint density at radius 2 is 1.62 bits per heavy atom. The van der Waals surface area contributed by atoms with Gasteiger partial charge in [0.1, 0.15) is 16.8 Å². The smallest absolute Gasteiger partial charge is 0.185 e. The van der Waals surface area contributed by atoms with Crippen molar-refractivity contribution in [2.24, 2.45) is 0 Å². The summed E-state index contributed by atoms with van der Waals surface area (Å²) in [6.07, 6.45) is 1.99. The van der Waals surface area contributed by atoms with Crippen LogP contribution >= 0.6 is 0 Å². The van der Waals surface area contributed by atoms with Crippen LogP contribution < -0.4 is 0 Å². The molecule has 0 amide bonds. The lowest BCUT2D eigenvalue weighted by molar-refractivity contribution is 0.507. The zero-order chi connectivity index (χ0) is 17.9. The van der Waals surface area contributed by atoms with Crippen molar-refractivity contribution in [3.8, 4) is 6.07 Å². The molecule has 0 aliphatic rings. The highest BCUT2D eigenvalue weighted by Gasteiger charge is 2.12. The maximum absolute atomic E-state index is 13.9. The largest absolute Gasteiger partial charge is 0.223 e. The Hall–Kier alpha value is -2.59. The molecule has 0 aliphatic carbocycles. The summed E-state index contributed by atoms with van der Waals surface area (Å²) in [6, 6.07) is 8.87. The predicted molar refractivity (Wildman–Crippen MR) is 84.0 cm³/mol. The van der Waals surface area contributed by atoms with Gasteiger partial charge >= 0.3 is 0 Å². The van der Waals surface area contributed by atoms with Crippen LogP contribution in [0.25, 0.3) is 6.08 Å². The summed E-state index contributed by atoms with van der Waals surface area (Å²) in [7, 11) is -3.77. The third-order valence-electron chi connectivity index (χ3n) is 3.25. The number of hydrogen-bond donors (Lipinski definition) is 0. The van der Waals surface area contributed by atoms with E-state index < -0.39 is 32.2 Å². The highest BCUT2D eigenvalue weighted by Crippen LogP contribution is 2.19. The summed E-state index contributed by atoms with van der Waals surface area (Å²) < 4.78 is 62.9. The van der Waals surface area contributed by atoms with Gasteiger partial charge in [-0.25, -0.2) is 21.6 Å². The number of allylic oxidation sites excluding steroid dienone is 1. The average molecular weight is 351 g/mol. The first-order valence-electron chi connectivity index (χ1n) is 6.75. The van der Waals surface area contributed by atoms with E-state index in [1.54, 1.807) is 0 Å². The third-order valence-corrected chi connectivity index (χ3v) is 4.26. The molecule has 0 heterocycles. The molecule has 0 unspecified atom stereocenters. The first-order valence-corrected chi connectivity index (χ1v) is 8.64. The lowest BCUT2D eigenvalue weighted by Crippen LogP contribution is -1.99. The van der Waals surface area contributed by atoms with Crippen LogP contribution in [0.3, 0.4) is 0 Å². The Kier molecular flexibility index (Phi) is 5.10. The van der Waals surface area contributed by atoms with E-state index in [4.69, 9.17) is 5.26 Å². The van der Waals surface area contributed by atoms with Gasteiger partial charge in [0.2, 0.25) is 0 Å². The molecule has 0 spiro atoms. The van der Waals surface area contributed by atoms with Crippen molar-refractivity contribution in [2.45, 2.75) is 6.42 Å². The number of hydrogen-bond acceptors (Lipinski definition) is 3. The molecular weight excluding hydrogens is 339 g/mol. The second kappa shape index (κ2) is 6.89. The second-order valence-electron chi connectivity index (χ2n) is 5.17. The molecule has 0 atom stereocenters. The molecule has 0 saturated heterocycles. The van der Waals surface area contributed by atoms with Crippen LogP contribution in [0.1, 0.15) is 16.7 Å². The van der Waals surface area contributed by atoms with E-state index in [0.717, 1.165) is 30.5 Å². The number of nitrogens with zero attached hydrogens (tertiary/aromatic N) is 1. The zero-order valence-corrected chi connectivity index (χ0v) is 13.4. The van der Waals surface area contributed by atoms with Crippen molar-refractivity contribution in [1.29, 1.82) is 5.26 Å². The monoisotopic (exact) mass is 351 g/mol. The van der Waals surface area contributed by atoms with Crippen molar-refractivity contribution in [1.82, 2.24) is 0 Å². The van der Waals surface area contributed by atoms with Gasteiger partial charge in [0.25, 0.3) is 0 Å². The van der Waals surface area contributed by atoms with E-state index >= 15 is 0 Å². The Morgan fingerprint density at radius 3 is 2.17 bits per heavy atom. The van der Waals surface area contributed by atoms with Gasteiger partial charge in [0.15, 0.2) is 21.5 Å². The molecule has 7 heteroatoms. The van der Waals surface area contributed by atoms with Gasteiger partial charge in [-0.3, -0.25) is 0 Å². The molecule has 0 aliphatic heterocycles. The minimum absolute atomic E-state index is 0.0722. The topological polar surface area (TPSA) is 57.9 Å². The van der Waals surface area contributed by atoms with Crippen LogP contribution in [-0.4, -0.2) is 14.7 Å². The molecular formula is C17H12F3NO2S. The molecule has 124 valence electrons. The van der Waals surface area contributed by atoms with Crippen LogP contribution in [0, 0.1) is 28.8 Å². The van der Waals surface area contributed by atoms with Crippen molar-refractivity contribution in [2.75, 3.05) is 6.26 Å². The fourth-order valence-corrected chi connectivity index (χ4v) is 2.57. The van der Waals surface area contributed by atoms with Gasteiger partial charge in [0, 0.05) is 11.8 Å². The summed E-state index contributed by atoms with van der Waals surface area (Å²) in [5.74, 6) is -2.65. The van der Waals surface area contributed by atoms with E-state index in [0.29, 0.717) is 11.1 Å². The average Bonchev–Trinajstić information content (AvgIpc) is 2.50. The zero-order valence-electron chi connectivity index (χ0n) is 12.6. The summed E-state index contributed by atoms with van der Waals surface area (Å²) in [5.41, 5.74) is 0.954. The maximum Gasteiger partial charge on any atom is 0.185 e. The highest BCUT2D eigenvalue weighted by molar-refractivity contribution is 7.95. The first-order chi connectivity index (χ1) is 11.2. The van der Waals surface area contributed by atoms with Crippen molar-refractivity contribution in [3.05, 3.63) is 75.4 Å². The van der Waals surface area contributed by atoms with Gasteiger partial charge in [-0.1, -0.05) is 12.1 Å². The molecule has 2 aromatic rings. The Bertz CT molecular complexity index is 960. The van der Waals surface area contributed by atoms with Gasteiger partial charge < -0.3 is 0 Å². The quantitative estimate of drug-likeness (QED) is 0.791. The Morgan fingerprint density at radius 1 is 1.04 bits per heavy atom. The molecule has 0 radical (unpaired) electrons. The normalized spacial score (nSPS) is 12.0. The van der Waals surface area contributed by atoms with Gasteiger partial charge in [-0.05, 0) is 47.9 Å². The predicted octanol–water partition coefficient (Wildman–Crippen LogP) is 3.60. The molecule has 0 saturated carbocycles. The minimum atomic E-state index is -3.77. The lowest BCUT2D eigenvalue weighted by Gasteiger charge is -2.06. The van der Waals surface area contributed by atoms with E-state index in [2.05, 4.69) is 0 Å². The summed E-state index contributed by atoms with van der Waals surface area (Å²) in [4.78, 5) is -0.564. The molecule has 0 aromatic heterocycles. The molecule has 24 heavy (non-hydrogen) atoms. The standard InChI is InChI=1S/C17H12F3NO2S/c1-24(22,23)14(10-21)9-13-7-11(2-4-15(13)18)6-12-3-5-16(19)17(20)8-12/h2-5,7-9H,6H2,1H3/b14-9+. The number of benzene rings is 2. The number of sulfone groups is 1. The van der Waals surface area contributed by atoms with E-state index in [-0.39, 0.29) is 12.0 Å². The summed E-state index contributed by atoms with van der Waals surface area (Å²) in [6.45, 7) is 0. The SMILES string of the molecule is CS(=O)(=O)/C(C#N)=C/c1cc(Cc2ccc(F)c(F)c2)ccc1F. The van der Waals surface area contributed by atoms with Gasteiger partial charge in [-0.15, -0.1) is 0 Å². The minimum Gasteiger partial charge on any atom is -0.223 e. The fraction of sp³-hybridized carbons (Fsp3) is 0.118. The van der Waals surface area contributed by atoms with Crippen LogP contribution in [0.2, 0.25) is 0 Å². The van der Waals surface area contributed by atoms with Gasteiger partial charge in [0.05, 0.1) is 0 Å². The maximum atomic E-state index is 13.9. The second-order valence-corrected chi connectivity index (χ2v) is 7.16. The molecule has 0 fully saturated rings. The Labute approximate surface area is 137 Å². The fourth-order valence-electron chi connectivity index (χ4n) is 2.06. The molecule has 0 bridgehead atoms. The van der Waals surface area contributed by atoms with E-state index in [1.807, 2.05) is 0 Å². The van der Waals surface area contributed by atoms with Crippen LogP contribution in [-0.2, 0) is 16.3 Å².